The van der Waals surface area contributed by atoms with Gasteiger partial charge in [-0.15, -0.1) is 6.58 Å². The zero-order chi connectivity index (χ0) is 10.5. The van der Waals surface area contributed by atoms with E-state index in [1.54, 1.807) is 0 Å². The topological polar surface area (TPSA) is 12.0 Å². The smallest absolute Gasteiger partial charge is 0.0346 e. The van der Waals surface area contributed by atoms with Crippen molar-refractivity contribution in [3.63, 3.8) is 0 Å². The highest BCUT2D eigenvalue weighted by molar-refractivity contribution is 5.85. The van der Waals surface area contributed by atoms with Crippen molar-refractivity contribution in [3.8, 4) is 0 Å². The molecule has 0 atom stereocenters. The Kier molecular flexibility index (Phi) is 3.03. The predicted octanol–water partition coefficient (Wildman–Crippen LogP) is 3.83. The van der Waals surface area contributed by atoms with Crippen LogP contribution < -0.4 is 5.32 Å². The zero-order valence-electron chi connectivity index (χ0n) is 8.74. The Bertz CT molecular complexity index is 460. The number of hydrogen-bond acceptors (Lipinski definition) is 1. The molecule has 0 fully saturated rings. The van der Waals surface area contributed by atoms with E-state index in [4.69, 9.17) is 0 Å². The normalized spacial score (nSPS) is 10.1. The first-order chi connectivity index (χ1) is 7.40. The Hall–Kier alpha value is -1.76. The van der Waals surface area contributed by atoms with Gasteiger partial charge in [0.25, 0.3) is 0 Å². The number of anilines is 1. The van der Waals surface area contributed by atoms with Gasteiger partial charge in [-0.2, -0.15) is 0 Å². The highest BCUT2D eigenvalue weighted by atomic mass is 14.9. The second-order valence-corrected chi connectivity index (χ2v) is 3.57. The quantitative estimate of drug-likeness (QED) is 0.580. The number of benzene rings is 2. The van der Waals surface area contributed by atoms with Gasteiger partial charge >= 0.3 is 0 Å². The van der Waals surface area contributed by atoms with Crippen molar-refractivity contribution in [3.05, 3.63) is 55.1 Å². The van der Waals surface area contributed by atoms with E-state index in [0.717, 1.165) is 13.0 Å². The van der Waals surface area contributed by atoms with Crippen LogP contribution in [0, 0.1) is 0 Å². The third-order valence-electron chi connectivity index (χ3n) is 2.43. The summed E-state index contributed by atoms with van der Waals surface area (Å²) in [6, 6.07) is 14.8. The van der Waals surface area contributed by atoms with Crippen LogP contribution in [0.15, 0.2) is 55.1 Å². The summed E-state index contributed by atoms with van der Waals surface area (Å²) in [5, 5.41) is 5.93. The van der Waals surface area contributed by atoms with Crippen LogP contribution in [-0.4, -0.2) is 6.54 Å². The lowest BCUT2D eigenvalue weighted by Gasteiger charge is -2.05. The number of rotatable bonds is 4. The molecule has 1 N–H and O–H groups in total. The number of hydrogen-bond donors (Lipinski definition) is 1. The maximum Gasteiger partial charge on any atom is 0.0346 e. The van der Waals surface area contributed by atoms with E-state index in [1.165, 1.54) is 16.5 Å². The molecule has 0 unspecified atom stereocenters. The summed E-state index contributed by atoms with van der Waals surface area (Å²) in [5.41, 5.74) is 1.18. The number of fused-ring (bicyclic) bond motifs is 1. The third-order valence-corrected chi connectivity index (χ3v) is 2.43. The van der Waals surface area contributed by atoms with E-state index < -0.39 is 0 Å². The van der Waals surface area contributed by atoms with Crippen molar-refractivity contribution in [2.24, 2.45) is 0 Å². The van der Waals surface area contributed by atoms with Gasteiger partial charge in [-0.3, -0.25) is 0 Å². The monoisotopic (exact) mass is 197 g/mol. The third kappa shape index (κ3) is 2.38. The zero-order valence-corrected chi connectivity index (χ0v) is 8.74. The van der Waals surface area contributed by atoms with Crippen molar-refractivity contribution in [2.75, 3.05) is 11.9 Å². The summed E-state index contributed by atoms with van der Waals surface area (Å²) >= 11 is 0. The standard InChI is InChI=1S/C14H15N/c1-2-3-10-15-14-9-8-12-6-4-5-7-13(12)11-14/h2,4-9,11,15H,1,3,10H2. The molecule has 0 bridgehead atoms. The lowest BCUT2D eigenvalue weighted by molar-refractivity contribution is 1.07. The molecule has 0 aromatic heterocycles. The molecular weight excluding hydrogens is 182 g/mol. The molecule has 2 aromatic rings. The van der Waals surface area contributed by atoms with Crippen molar-refractivity contribution in [1.82, 2.24) is 0 Å². The van der Waals surface area contributed by atoms with Gasteiger partial charge in [0.05, 0.1) is 0 Å². The van der Waals surface area contributed by atoms with Gasteiger partial charge < -0.3 is 5.32 Å². The summed E-state index contributed by atoms with van der Waals surface area (Å²) < 4.78 is 0. The fourth-order valence-corrected chi connectivity index (χ4v) is 1.62. The first-order valence-corrected chi connectivity index (χ1v) is 5.24. The van der Waals surface area contributed by atoms with Crippen molar-refractivity contribution in [1.29, 1.82) is 0 Å². The van der Waals surface area contributed by atoms with Crippen molar-refractivity contribution >= 4 is 16.5 Å². The molecule has 0 radical (unpaired) electrons. The summed E-state index contributed by atoms with van der Waals surface area (Å²) in [6.45, 7) is 4.65. The molecule has 2 aromatic carbocycles. The molecule has 0 amide bonds. The van der Waals surface area contributed by atoms with Crippen LogP contribution in [0.4, 0.5) is 5.69 Å². The molecule has 0 saturated heterocycles. The van der Waals surface area contributed by atoms with E-state index >= 15 is 0 Å². The Morgan fingerprint density at radius 1 is 1.07 bits per heavy atom. The van der Waals surface area contributed by atoms with E-state index in [1.807, 2.05) is 6.08 Å². The van der Waals surface area contributed by atoms with Crippen molar-refractivity contribution < 1.29 is 0 Å². The fourth-order valence-electron chi connectivity index (χ4n) is 1.62. The lowest BCUT2D eigenvalue weighted by atomic mass is 10.1. The molecule has 0 aliphatic rings. The number of nitrogens with one attached hydrogen (secondary N) is 1. The molecule has 0 heterocycles. The van der Waals surface area contributed by atoms with Gasteiger partial charge in [0.2, 0.25) is 0 Å². The minimum atomic E-state index is 0.946. The van der Waals surface area contributed by atoms with E-state index in [0.29, 0.717) is 0 Å². The highest BCUT2D eigenvalue weighted by Crippen LogP contribution is 2.18. The van der Waals surface area contributed by atoms with E-state index in [2.05, 4.69) is 54.4 Å². The molecule has 15 heavy (non-hydrogen) atoms. The van der Waals surface area contributed by atoms with Gasteiger partial charge in [-0.25, -0.2) is 0 Å². The largest absolute Gasteiger partial charge is 0.385 e. The Balaban J connectivity index is 2.19. The lowest BCUT2D eigenvalue weighted by Crippen LogP contribution is -1.99. The average Bonchev–Trinajstić information content (AvgIpc) is 2.29. The molecule has 0 spiro atoms. The summed E-state index contributed by atoms with van der Waals surface area (Å²) in [4.78, 5) is 0. The molecule has 0 aliphatic carbocycles. The van der Waals surface area contributed by atoms with Crippen LogP contribution >= 0.6 is 0 Å². The first kappa shape index (κ1) is 9.78. The minimum absolute atomic E-state index is 0.946. The molecule has 1 heteroatoms. The van der Waals surface area contributed by atoms with Crippen molar-refractivity contribution in [2.45, 2.75) is 6.42 Å². The highest BCUT2D eigenvalue weighted by Gasteiger charge is 1.94. The molecule has 0 aliphatic heterocycles. The summed E-state index contributed by atoms with van der Waals surface area (Å²) in [6.07, 6.45) is 2.92. The van der Waals surface area contributed by atoms with Gasteiger partial charge in [0.1, 0.15) is 0 Å². The first-order valence-electron chi connectivity index (χ1n) is 5.24. The van der Waals surface area contributed by atoms with E-state index in [-0.39, 0.29) is 0 Å². The molecule has 1 nitrogen and oxygen atoms in total. The van der Waals surface area contributed by atoms with Crippen LogP contribution in [0.5, 0.6) is 0 Å². The maximum absolute atomic E-state index is 3.70. The maximum atomic E-state index is 3.70. The summed E-state index contributed by atoms with van der Waals surface area (Å²) in [7, 11) is 0. The van der Waals surface area contributed by atoms with Gasteiger partial charge in [0.15, 0.2) is 0 Å². The van der Waals surface area contributed by atoms with Gasteiger partial charge in [-0.1, -0.05) is 36.4 Å². The van der Waals surface area contributed by atoms with Crippen LogP contribution in [-0.2, 0) is 0 Å². The van der Waals surface area contributed by atoms with Gasteiger partial charge in [-0.05, 0) is 29.3 Å². The Labute approximate surface area is 90.4 Å². The van der Waals surface area contributed by atoms with Crippen LogP contribution in [0.25, 0.3) is 10.8 Å². The second-order valence-electron chi connectivity index (χ2n) is 3.57. The van der Waals surface area contributed by atoms with Crippen LogP contribution in [0.2, 0.25) is 0 Å². The minimum Gasteiger partial charge on any atom is -0.385 e. The SMILES string of the molecule is C=CCCNc1ccc2ccccc2c1. The Morgan fingerprint density at radius 2 is 1.87 bits per heavy atom. The van der Waals surface area contributed by atoms with E-state index in [9.17, 15) is 0 Å². The second kappa shape index (κ2) is 4.65. The van der Waals surface area contributed by atoms with Crippen LogP contribution in [0.3, 0.4) is 0 Å². The molecule has 2 rings (SSSR count). The fraction of sp³-hybridized carbons (Fsp3) is 0.143. The molecular formula is C14H15N. The summed E-state index contributed by atoms with van der Waals surface area (Å²) in [5.74, 6) is 0. The predicted molar refractivity (Wildman–Crippen MR) is 67.3 cm³/mol. The van der Waals surface area contributed by atoms with Crippen LogP contribution in [0.1, 0.15) is 6.42 Å². The molecule has 0 saturated carbocycles. The molecule has 76 valence electrons. The Morgan fingerprint density at radius 3 is 2.67 bits per heavy atom. The average molecular weight is 197 g/mol. The van der Waals surface area contributed by atoms with Gasteiger partial charge in [0, 0.05) is 12.2 Å².